The highest BCUT2D eigenvalue weighted by Gasteiger charge is 2.48. The maximum atomic E-state index is 11.7. The average molecular weight is 454 g/mol. The second kappa shape index (κ2) is 7.67. The van der Waals surface area contributed by atoms with E-state index in [-0.39, 0.29) is 0 Å². The van der Waals surface area contributed by atoms with E-state index in [0.717, 1.165) is 13.3 Å². The smallest absolute Gasteiger partial charge is 0.325 e. The molecule has 12 nitrogen and oxygen atoms in total. The van der Waals surface area contributed by atoms with Gasteiger partial charge in [-0.25, -0.2) is 9.97 Å². The van der Waals surface area contributed by atoms with Crippen LogP contribution in [0.1, 0.15) is 6.23 Å². The summed E-state index contributed by atoms with van der Waals surface area (Å²) in [6, 6.07) is 0. The SMILES string of the molecule is Cn1cnc2c(ncn2[C@@H]2O[C@H](COP(C)(=O)O)[C@@H](OP(C)(=O)O)[C@H]2O)c1=S. The number of hydrogen-bond acceptors (Lipinski definition) is 9. The summed E-state index contributed by atoms with van der Waals surface area (Å²) in [5.74, 6) is 0. The van der Waals surface area contributed by atoms with Gasteiger partial charge >= 0.3 is 15.2 Å². The average Bonchev–Trinajstić information content (AvgIpc) is 3.10. The van der Waals surface area contributed by atoms with Gasteiger partial charge in [-0.2, -0.15) is 0 Å². The van der Waals surface area contributed by atoms with Crippen LogP contribution in [0.5, 0.6) is 0 Å². The lowest BCUT2D eigenvalue weighted by molar-refractivity contribution is -0.0478. The van der Waals surface area contributed by atoms with Gasteiger partial charge in [0, 0.05) is 20.4 Å². The lowest BCUT2D eigenvalue weighted by Crippen LogP contribution is -2.35. The van der Waals surface area contributed by atoms with Crippen molar-refractivity contribution in [2.75, 3.05) is 19.9 Å². The zero-order chi connectivity index (χ0) is 20.9. The summed E-state index contributed by atoms with van der Waals surface area (Å²) in [7, 11) is -6.14. The van der Waals surface area contributed by atoms with Crippen molar-refractivity contribution in [3.8, 4) is 0 Å². The maximum absolute atomic E-state index is 11.7. The molecular formula is C13H20N4O8P2S. The van der Waals surface area contributed by atoms with Gasteiger partial charge in [0.15, 0.2) is 11.9 Å². The number of aryl methyl sites for hydroxylation is 1. The van der Waals surface area contributed by atoms with E-state index in [1.165, 1.54) is 17.2 Å². The molecule has 2 aromatic heterocycles. The summed E-state index contributed by atoms with van der Waals surface area (Å²) in [4.78, 5) is 27.3. The molecule has 0 radical (unpaired) electrons. The Kier molecular flexibility index (Phi) is 5.95. The first kappa shape index (κ1) is 21.7. The number of aliphatic hydroxyl groups is 1. The molecule has 1 aliphatic rings. The van der Waals surface area contributed by atoms with Crippen LogP contribution >= 0.6 is 27.4 Å². The van der Waals surface area contributed by atoms with Crippen LogP contribution in [0, 0.1) is 4.64 Å². The second-order valence-electron chi connectivity index (χ2n) is 6.51. The van der Waals surface area contributed by atoms with E-state index in [9.17, 15) is 24.0 Å². The quantitative estimate of drug-likeness (QED) is 0.418. The molecule has 1 saturated heterocycles. The zero-order valence-electron chi connectivity index (χ0n) is 15.1. The topological polar surface area (TPSA) is 158 Å². The summed E-state index contributed by atoms with van der Waals surface area (Å²) in [6.07, 6.45) is -2.06. The molecule has 2 unspecified atom stereocenters. The Morgan fingerprint density at radius 3 is 2.54 bits per heavy atom. The second-order valence-corrected chi connectivity index (χ2v) is 10.6. The number of aliphatic hydroxyl groups excluding tert-OH is 1. The molecule has 0 saturated carbocycles. The van der Waals surface area contributed by atoms with Crippen molar-refractivity contribution in [1.29, 1.82) is 0 Å². The minimum absolute atomic E-state index is 0.333. The molecular weight excluding hydrogens is 434 g/mol. The number of fused-ring (bicyclic) bond motifs is 1. The number of imidazole rings is 1. The summed E-state index contributed by atoms with van der Waals surface area (Å²) in [5.41, 5.74) is 0.740. The van der Waals surface area contributed by atoms with Crippen molar-refractivity contribution in [3.05, 3.63) is 17.3 Å². The highest BCUT2D eigenvalue weighted by atomic mass is 32.1. The molecule has 0 spiro atoms. The zero-order valence-corrected chi connectivity index (χ0v) is 17.8. The van der Waals surface area contributed by atoms with E-state index in [2.05, 4.69) is 9.97 Å². The molecule has 28 heavy (non-hydrogen) atoms. The number of nitrogens with zero attached hydrogens (tertiary/aromatic N) is 4. The van der Waals surface area contributed by atoms with Crippen molar-refractivity contribution >= 4 is 38.6 Å². The standard InChI is InChI=1S/C13H20N4O8P2S/c1-16-5-15-11-8(13(16)28)14-6-17(11)12-9(18)10(25-27(3,21)22)7(24-12)4-23-26(2,19)20/h5-7,9-10,12,18H,4H2,1-3H3,(H,19,20)(H,21,22)/t7-,9-,10-,12-/m1/s1. The van der Waals surface area contributed by atoms with Gasteiger partial charge in [0.25, 0.3) is 0 Å². The van der Waals surface area contributed by atoms with Crippen LogP contribution in [0.25, 0.3) is 11.2 Å². The first-order valence-electron chi connectivity index (χ1n) is 8.02. The minimum Gasteiger partial charge on any atom is -0.386 e. The Morgan fingerprint density at radius 1 is 1.25 bits per heavy atom. The predicted octanol–water partition coefficient (Wildman–Crippen LogP) is 0.790. The molecule has 3 heterocycles. The molecule has 0 bridgehead atoms. The van der Waals surface area contributed by atoms with Gasteiger partial charge < -0.3 is 28.7 Å². The number of ether oxygens (including phenoxy) is 1. The van der Waals surface area contributed by atoms with Gasteiger partial charge in [0.1, 0.15) is 28.5 Å². The van der Waals surface area contributed by atoms with Crippen LogP contribution in [0.4, 0.5) is 0 Å². The van der Waals surface area contributed by atoms with E-state index >= 15 is 0 Å². The van der Waals surface area contributed by atoms with Gasteiger partial charge in [-0.15, -0.1) is 0 Å². The van der Waals surface area contributed by atoms with Crippen molar-refractivity contribution in [1.82, 2.24) is 19.1 Å². The fourth-order valence-corrected chi connectivity index (χ4v) is 4.16. The maximum Gasteiger partial charge on any atom is 0.325 e. The Labute approximate surface area is 164 Å². The summed E-state index contributed by atoms with van der Waals surface area (Å²) >= 11 is 5.28. The van der Waals surface area contributed by atoms with Crippen LogP contribution in [0.3, 0.4) is 0 Å². The van der Waals surface area contributed by atoms with Crippen LogP contribution in [-0.4, -0.2) is 72.2 Å². The highest BCUT2D eigenvalue weighted by Crippen LogP contribution is 2.46. The molecule has 2 aromatic rings. The molecule has 0 aliphatic carbocycles. The number of aromatic nitrogens is 4. The summed E-state index contributed by atoms with van der Waals surface area (Å²) in [5, 5.41) is 10.7. The summed E-state index contributed by atoms with van der Waals surface area (Å²) in [6.45, 7) is 1.50. The largest absolute Gasteiger partial charge is 0.386 e. The van der Waals surface area contributed by atoms with Gasteiger partial charge in [-0.3, -0.25) is 18.2 Å². The lowest BCUT2D eigenvalue weighted by Gasteiger charge is -2.22. The number of rotatable bonds is 6. The Morgan fingerprint density at radius 2 is 1.93 bits per heavy atom. The summed E-state index contributed by atoms with van der Waals surface area (Å²) < 4.78 is 42.2. The molecule has 6 atom stereocenters. The van der Waals surface area contributed by atoms with E-state index in [1.807, 2.05) is 0 Å². The first-order chi connectivity index (χ1) is 12.9. The Hall–Kier alpha value is -1.01. The van der Waals surface area contributed by atoms with Gasteiger partial charge in [-0.1, -0.05) is 12.2 Å². The van der Waals surface area contributed by atoms with Crippen molar-refractivity contribution in [2.24, 2.45) is 7.05 Å². The molecule has 15 heteroatoms. The monoisotopic (exact) mass is 454 g/mol. The minimum atomic E-state index is -4.01. The van der Waals surface area contributed by atoms with Crippen molar-refractivity contribution in [2.45, 2.75) is 24.5 Å². The number of hydrogen-bond donors (Lipinski definition) is 3. The molecule has 1 aliphatic heterocycles. The third-order valence-electron chi connectivity index (χ3n) is 4.02. The molecule has 156 valence electrons. The molecule has 3 N–H and O–H groups in total. The lowest BCUT2D eigenvalue weighted by atomic mass is 10.1. The normalized spacial score (nSPS) is 29.6. The van der Waals surface area contributed by atoms with Gasteiger partial charge in [0.2, 0.25) is 0 Å². The fourth-order valence-electron chi connectivity index (χ4n) is 2.83. The van der Waals surface area contributed by atoms with Gasteiger partial charge in [-0.05, 0) is 0 Å². The van der Waals surface area contributed by atoms with E-state index in [1.54, 1.807) is 11.6 Å². The van der Waals surface area contributed by atoms with Crippen LogP contribution in [-0.2, 0) is 30.0 Å². The molecule has 0 amide bonds. The van der Waals surface area contributed by atoms with E-state index in [4.69, 9.17) is 26.0 Å². The molecule has 3 rings (SSSR count). The van der Waals surface area contributed by atoms with Crippen LogP contribution in [0.15, 0.2) is 12.7 Å². The third kappa shape index (κ3) is 4.59. The predicted molar refractivity (Wildman–Crippen MR) is 99.6 cm³/mol. The Balaban J connectivity index is 1.96. The van der Waals surface area contributed by atoms with Crippen molar-refractivity contribution < 1.29 is 37.8 Å². The first-order valence-corrected chi connectivity index (χ1v) is 12.5. The van der Waals surface area contributed by atoms with E-state index in [0.29, 0.717) is 15.8 Å². The Bertz CT molecular complexity index is 1030. The van der Waals surface area contributed by atoms with Gasteiger partial charge in [0.05, 0.1) is 19.3 Å². The third-order valence-corrected chi connectivity index (χ3v) is 5.77. The molecule has 1 fully saturated rings. The van der Waals surface area contributed by atoms with Crippen LogP contribution < -0.4 is 0 Å². The van der Waals surface area contributed by atoms with Crippen LogP contribution in [0.2, 0.25) is 0 Å². The highest BCUT2D eigenvalue weighted by molar-refractivity contribution is 7.71. The van der Waals surface area contributed by atoms with E-state index < -0.39 is 46.3 Å². The van der Waals surface area contributed by atoms with Crippen molar-refractivity contribution in [3.63, 3.8) is 0 Å². The fraction of sp³-hybridized carbons (Fsp3) is 0.615. The molecule has 0 aromatic carbocycles.